The van der Waals surface area contributed by atoms with E-state index in [1.54, 1.807) is 49.4 Å². The van der Waals surface area contributed by atoms with Crippen LogP contribution in [0.1, 0.15) is 5.69 Å². The van der Waals surface area contributed by atoms with Crippen LogP contribution < -0.4 is 15.4 Å². The van der Waals surface area contributed by atoms with Gasteiger partial charge in [-0.3, -0.25) is 10.1 Å². The van der Waals surface area contributed by atoms with Gasteiger partial charge in [0.05, 0.1) is 26.9 Å². The van der Waals surface area contributed by atoms with Crippen molar-refractivity contribution in [2.24, 2.45) is 25.6 Å². The molecule has 6 aromatic rings. The van der Waals surface area contributed by atoms with Crippen molar-refractivity contribution in [1.29, 1.82) is 0 Å². The van der Waals surface area contributed by atoms with Crippen LogP contribution in [-0.4, -0.2) is 33.3 Å². The van der Waals surface area contributed by atoms with Crippen LogP contribution in [0.5, 0.6) is 23.1 Å². The molecule has 16 nitrogen and oxygen atoms in total. The predicted octanol–water partition coefficient (Wildman–Crippen LogP) is 5.96. The number of phenolic OH excluding ortho intramolecular Hbond substituents is 2. The van der Waals surface area contributed by atoms with E-state index in [4.69, 9.17) is 5.14 Å². The smallest absolute Gasteiger partial charge is 0.871 e. The van der Waals surface area contributed by atoms with Gasteiger partial charge in [0.15, 0.2) is 0 Å². The number of aromatic nitrogens is 2. The van der Waals surface area contributed by atoms with E-state index in [-0.39, 0.29) is 61.6 Å². The maximum atomic E-state index is 12.4. The van der Waals surface area contributed by atoms with Crippen molar-refractivity contribution < 1.29 is 50.5 Å². The van der Waals surface area contributed by atoms with Gasteiger partial charge in [-0.2, -0.15) is 10.2 Å². The number of fused-ring (bicyclic) bond motifs is 1. The largest absolute Gasteiger partial charge is 3.00 e. The van der Waals surface area contributed by atoms with E-state index >= 15 is 0 Å². The summed E-state index contributed by atoms with van der Waals surface area (Å²) in [5.41, 5.74) is 0.498. The summed E-state index contributed by atoms with van der Waals surface area (Å²) in [6.07, 6.45) is 0. The second kappa shape index (κ2) is 15.3. The fourth-order valence-corrected chi connectivity index (χ4v) is 4.91. The molecule has 18 heteroatoms. The molecule has 5 aromatic carbocycles. The third-order valence-corrected chi connectivity index (χ3v) is 7.72. The summed E-state index contributed by atoms with van der Waals surface area (Å²) in [4.78, 5) is 9.93. The van der Waals surface area contributed by atoms with Crippen molar-refractivity contribution in [3.05, 3.63) is 119 Å². The Hall–Kier alpha value is -6.21. The summed E-state index contributed by atoms with van der Waals surface area (Å²) in [7, 11) is -3.93. The number of rotatable bonds is 7. The van der Waals surface area contributed by atoms with Crippen LogP contribution in [0.3, 0.4) is 0 Å². The number of azo groups is 2. The van der Waals surface area contributed by atoms with E-state index < -0.39 is 26.6 Å². The molecule has 0 saturated heterocycles. The summed E-state index contributed by atoms with van der Waals surface area (Å²) in [6.45, 7) is 1.58. The van der Waals surface area contributed by atoms with Gasteiger partial charge in [-0.15, -0.1) is 15.3 Å². The topological polar surface area (TPSA) is 257 Å². The minimum Gasteiger partial charge on any atom is -0.871 e. The number of primary sulfonamides is 1. The first-order valence-electron chi connectivity index (χ1n) is 14.0. The molecule has 0 aliphatic rings. The van der Waals surface area contributed by atoms with Crippen LogP contribution in [0.2, 0.25) is 0 Å². The molecule has 0 aliphatic carbocycles. The fraction of sp³-hybridized carbons (Fsp3) is 0.0312. The number of hydrogen-bond donors (Lipinski definition) is 3. The average molecular weight is 740 g/mol. The Morgan fingerprint density at radius 2 is 1.42 bits per heavy atom. The summed E-state index contributed by atoms with van der Waals surface area (Å²) in [6, 6.07) is 25.8. The molecule has 0 saturated carbocycles. The summed E-state index contributed by atoms with van der Waals surface area (Å²) >= 11 is 0. The van der Waals surface area contributed by atoms with Crippen LogP contribution in [-0.2, 0) is 26.8 Å². The number of nitro groups is 1. The molecule has 1 heterocycles. The number of hydrogen-bond acceptors (Lipinski definition) is 13. The second-order valence-electron chi connectivity index (χ2n) is 10.1. The Kier molecular flexibility index (Phi) is 11.2. The van der Waals surface area contributed by atoms with Crippen molar-refractivity contribution in [3.8, 4) is 28.8 Å². The first-order valence-corrected chi connectivity index (χ1v) is 15.6. The molecule has 0 spiro atoms. The Morgan fingerprint density at radius 3 is 2.12 bits per heavy atom. The van der Waals surface area contributed by atoms with E-state index in [1.807, 2.05) is 18.2 Å². The van der Waals surface area contributed by atoms with E-state index in [9.17, 15) is 39.0 Å². The summed E-state index contributed by atoms with van der Waals surface area (Å²) < 4.78 is 23.9. The third kappa shape index (κ3) is 8.25. The number of nitrogens with two attached hydrogens (primary N) is 1. The Balaban J connectivity index is 0.000000220. The van der Waals surface area contributed by atoms with Gasteiger partial charge in [0, 0.05) is 23.4 Å². The Labute approximate surface area is 293 Å². The maximum absolute atomic E-state index is 12.4. The van der Waals surface area contributed by atoms with E-state index in [1.165, 1.54) is 16.8 Å². The van der Waals surface area contributed by atoms with Gasteiger partial charge in [-0.1, -0.05) is 60.3 Å². The van der Waals surface area contributed by atoms with E-state index in [2.05, 4.69) is 25.6 Å². The van der Waals surface area contributed by atoms with Gasteiger partial charge in [0.2, 0.25) is 10.0 Å². The third-order valence-electron chi connectivity index (χ3n) is 6.81. The van der Waals surface area contributed by atoms with Crippen LogP contribution in [0.25, 0.3) is 16.5 Å². The van der Waals surface area contributed by atoms with Crippen LogP contribution in [0, 0.1) is 17.0 Å². The van der Waals surface area contributed by atoms with Crippen LogP contribution in [0.15, 0.2) is 128 Å². The zero-order valence-corrected chi connectivity index (χ0v) is 27.5. The molecule has 0 bridgehead atoms. The monoisotopic (exact) mass is 739 g/mol. The van der Waals surface area contributed by atoms with Crippen molar-refractivity contribution in [2.75, 3.05) is 0 Å². The number of nitrogens with zero attached hydrogens (tertiary/aromatic N) is 7. The van der Waals surface area contributed by atoms with Gasteiger partial charge in [-0.25, -0.2) is 18.2 Å². The molecule has 4 N–H and O–H groups in total. The second-order valence-corrected chi connectivity index (χ2v) is 11.7. The van der Waals surface area contributed by atoms with Gasteiger partial charge in [0.25, 0.3) is 5.69 Å². The predicted molar refractivity (Wildman–Crippen MR) is 174 cm³/mol. The van der Waals surface area contributed by atoms with Crippen LogP contribution >= 0.6 is 0 Å². The Bertz CT molecular complexity index is 2370. The molecular formula is C32H24CoN8O8S+. The summed E-state index contributed by atoms with van der Waals surface area (Å²) in [5.74, 6) is -1.37. The molecule has 6 rings (SSSR count). The zero-order valence-electron chi connectivity index (χ0n) is 25.6. The van der Waals surface area contributed by atoms with E-state index in [0.29, 0.717) is 16.8 Å². The number of sulfonamides is 1. The number of aryl methyl sites for hydroxylation is 1. The first-order chi connectivity index (χ1) is 23.3. The van der Waals surface area contributed by atoms with Gasteiger partial charge in [0.1, 0.15) is 28.6 Å². The number of phenols is 2. The quantitative estimate of drug-likeness (QED) is 0.0989. The fourth-order valence-electron chi connectivity index (χ4n) is 4.37. The number of non-ortho nitro benzene ring substituents is 1. The van der Waals surface area contributed by atoms with Crippen molar-refractivity contribution >= 4 is 49.2 Å². The molecule has 0 fully saturated rings. The SMILES string of the molecule is Cc1nn(-c2ccccc2)c([O-])c1N=Nc1cc([N+](=O)[O-])ccc1[O-].NS(=O)(=O)c1ccc(O)c(N=Nc2c(O)ccc3ccccc23)c1.[Co+3]. The minimum absolute atomic E-state index is 0. The normalized spacial score (nSPS) is 11.3. The van der Waals surface area contributed by atoms with Gasteiger partial charge in [-0.05, 0) is 48.7 Å². The standard InChI is InChI=1S/C16H13N5O4.C16H13N3O4S.Co/c1-10-15(16(23)20(19-10)11-5-3-2-4-6-11)18-17-13-9-12(21(24)25)7-8-14(13)22;17-24(22,23)11-6-8-14(20)13(9-11)18-19-16-12-4-2-1-3-10(12)5-7-15(16)21;/h2-9,22-23H,1H3;1-9,20-21H,(H2,17,22,23);/q;;+3/p-2. The van der Waals surface area contributed by atoms with Gasteiger partial charge < -0.3 is 20.4 Å². The molecule has 50 heavy (non-hydrogen) atoms. The Morgan fingerprint density at radius 1 is 0.780 bits per heavy atom. The molecular weight excluding hydrogens is 715 g/mol. The first kappa shape index (κ1) is 36.6. The zero-order chi connectivity index (χ0) is 35.3. The molecule has 0 aliphatic heterocycles. The van der Waals surface area contributed by atoms with Crippen molar-refractivity contribution in [3.63, 3.8) is 0 Å². The van der Waals surface area contributed by atoms with Crippen LogP contribution in [0.4, 0.5) is 28.4 Å². The minimum atomic E-state index is -3.93. The molecule has 0 radical (unpaired) electrons. The number of aromatic hydroxyl groups is 2. The molecule has 0 atom stereocenters. The van der Waals surface area contributed by atoms with Gasteiger partial charge >= 0.3 is 16.8 Å². The number of benzene rings is 5. The van der Waals surface area contributed by atoms with Crippen molar-refractivity contribution in [1.82, 2.24) is 9.78 Å². The molecule has 254 valence electrons. The maximum Gasteiger partial charge on any atom is 3.00 e. The number of nitro benzene ring substituents is 1. The number of para-hydroxylation sites is 1. The molecule has 0 amide bonds. The van der Waals surface area contributed by atoms with E-state index in [0.717, 1.165) is 35.7 Å². The summed E-state index contributed by atoms with van der Waals surface area (Å²) in [5, 5.41) is 80.8. The molecule has 0 unspecified atom stereocenters. The molecule has 1 aromatic heterocycles. The van der Waals surface area contributed by atoms with Crippen molar-refractivity contribution in [2.45, 2.75) is 11.8 Å². The average Bonchev–Trinajstić information content (AvgIpc) is 3.36.